The number of benzene rings is 1. The zero-order chi connectivity index (χ0) is 15.4. The molecule has 2 unspecified atom stereocenters. The van der Waals surface area contributed by atoms with Gasteiger partial charge in [0.25, 0.3) is 5.69 Å². The van der Waals surface area contributed by atoms with Crippen LogP contribution in [0.2, 0.25) is 0 Å². The monoisotopic (exact) mass is 293 g/mol. The van der Waals surface area contributed by atoms with Crippen LogP contribution in [-0.4, -0.2) is 37.2 Å². The van der Waals surface area contributed by atoms with E-state index in [0.717, 1.165) is 25.9 Å². The van der Waals surface area contributed by atoms with Crippen LogP contribution < -0.4 is 15.0 Å². The van der Waals surface area contributed by atoms with E-state index in [1.54, 1.807) is 12.1 Å². The van der Waals surface area contributed by atoms with Gasteiger partial charge in [-0.1, -0.05) is 13.8 Å². The second-order valence-electron chi connectivity index (χ2n) is 5.34. The fraction of sp³-hybridized carbons (Fsp3) is 0.600. The fourth-order valence-corrected chi connectivity index (χ4v) is 2.82. The van der Waals surface area contributed by atoms with Crippen molar-refractivity contribution in [3.05, 3.63) is 28.3 Å². The average Bonchev–Trinajstić information content (AvgIpc) is 2.53. The van der Waals surface area contributed by atoms with Crippen molar-refractivity contribution in [1.29, 1.82) is 0 Å². The molecule has 0 saturated carbocycles. The second kappa shape index (κ2) is 6.76. The van der Waals surface area contributed by atoms with Crippen LogP contribution in [0.25, 0.3) is 0 Å². The number of anilines is 1. The van der Waals surface area contributed by atoms with E-state index in [4.69, 9.17) is 4.74 Å². The minimum Gasteiger partial charge on any atom is -0.496 e. The Morgan fingerprint density at radius 2 is 2.19 bits per heavy atom. The lowest BCUT2D eigenvalue weighted by molar-refractivity contribution is -0.384. The van der Waals surface area contributed by atoms with Crippen molar-refractivity contribution in [2.45, 2.75) is 38.8 Å². The van der Waals surface area contributed by atoms with Crippen LogP contribution in [0.3, 0.4) is 0 Å². The van der Waals surface area contributed by atoms with Crippen LogP contribution in [0.5, 0.6) is 5.75 Å². The maximum atomic E-state index is 11.4. The normalized spacial score (nSPS) is 22.1. The third kappa shape index (κ3) is 3.26. The van der Waals surface area contributed by atoms with E-state index in [-0.39, 0.29) is 16.7 Å². The van der Waals surface area contributed by atoms with Crippen molar-refractivity contribution < 1.29 is 9.66 Å². The molecule has 2 atom stereocenters. The molecule has 6 heteroatoms. The topological polar surface area (TPSA) is 67.6 Å². The van der Waals surface area contributed by atoms with Crippen molar-refractivity contribution in [3.63, 3.8) is 0 Å². The summed E-state index contributed by atoms with van der Waals surface area (Å²) in [6, 6.07) is 5.75. The Bertz CT molecular complexity index is 507. The molecule has 1 aliphatic rings. The molecule has 0 radical (unpaired) electrons. The predicted molar refractivity (Wildman–Crippen MR) is 83.2 cm³/mol. The van der Waals surface area contributed by atoms with Gasteiger partial charge in [-0.05, 0) is 25.0 Å². The molecule has 1 saturated heterocycles. The predicted octanol–water partition coefficient (Wildman–Crippen LogP) is 2.57. The van der Waals surface area contributed by atoms with Gasteiger partial charge >= 0.3 is 0 Å². The number of rotatable bonds is 5. The molecule has 0 aliphatic carbocycles. The number of nitro groups is 1. The maximum absolute atomic E-state index is 11.4. The van der Waals surface area contributed by atoms with Gasteiger partial charge in [-0.2, -0.15) is 0 Å². The van der Waals surface area contributed by atoms with E-state index >= 15 is 0 Å². The average molecular weight is 293 g/mol. The summed E-state index contributed by atoms with van der Waals surface area (Å²) in [5, 5.41) is 14.9. The number of methoxy groups -OCH3 is 1. The van der Waals surface area contributed by atoms with Crippen LogP contribution in [-0.2, 0) is 0 Å². The first kappa shape index (κ1) is 15.6. The number of nitrogens with zero attached hydrogens (tertiary/aromatic N) is 2. The second-order valence-corrected chi connectivity index (χ2v) is 5.34. The Labute approximate surface area is 125 Å². The van der Waals surface area contributed by atoms with E-state index in [2.05, 4.69) is 24.1 Å². The highest BCUT2D eigenvalue weighted by molar-refractivity contribution is 5.66. The van der Waals surface area contributed by atoms with E-state index in [1.807, 2.05) is 0 Å². The van der Waals surface area contributed by atoms with Gasteiger partial charge in [-0.25, -0.2) is 0 Å². The summed E-state index contributed by atoms with van der Waals surface area (Å²) in [5.41, 5.74) is 0.803. The molecule has 1 aromatic rings. The van der Waals surface area contributed by atoms with Crippen LogP contribution >= 0.6 is 0 Å². The van der Waals surface area contributed by atoms with Gasteiger partial charge in [0.1, 0.15) is 11.4 Å². The first-order valence-corrected chi connectivity index (χ1v) is 7.43. The fourth-order valence-electron chi connectivity index (χ4n) is 2.82. The SMILES string of the molecule is CCC1CN(c2ccc(OC)cc2[N+](=O)[O-])C(CC)CN1. The summed E-state index contributed by atoms with van der Waals surface area (Å²) in [6.07, 6.45) is 1.96. The molecule has 1 fully saturated rings. The molecule has 2 rings (SSSR count). The Morgan fingerprint density at radius 1 is 1.43 bits per heavy atom. The van der Waals surface area contributed by atoms with Crippen LogP contribution in [0, 0.1) is 10.1 Å². The molecule has 1 aromatic carbocycles. The van der Waals surface area contributed by atoms with Crippen molar-refractivity contribution in [2.24, 2.45) is 0 Å². The van der Waals surface area contributed by atoms with E-state index in [1.165, 1.54) is 13.2 Å². The van der Waals surface area contributed by atoms with Crippen LogP contribution in [0.1, 0.15) is 26.7 Å². The molecule has 1 N–H and O–H groups in total. The van der Waals surface area contributed by atoms with Gasteiger partial charge in [0, 0.05) is 25.2 Å². The molecule has 1 heterocycles. The molecule has 0 amide bonds. The number of hydrogen-bond acceptors (Lipinski definition) is 5. The Balaban J connectivity index is 2.39. The first-order valence-electron chi connectivity index (χ1n) is 7.43. The van der Waals surface area contributed by atoms with Gasteiger partial charge in [0.2, 0.25) is 0 Å². The smallest absolute Gasteiger partial charge is 0.296 e. The molecular formula is C15H23N3O3. The quantitative estimate of drug-likeness (QED) is 0.667. The van der Waals surface area contributed by atoms with Gasteiger partial charge in [-0.3, -0.25) is 10.1 Å². The molecule has 6 nitrogen and oxygen atoms in total. The summed E-state index contributed by atoms with van der Waals surface area (Å²) in [5.74, 6) is 0.515. The van der Waals surface area contributed by atoms with Crippen molar-refractivity contribution in [3.8, 4) is 5.75 Å². The number of piperazine rings is 1. The Morgan fingerprint density at radius 3 is 2.76 bits per heavy atom. The highest BCUT2D eigenvalue weighted by Crippen LogP contribution is 2.34. The van der Waals surface area contributed by atoms with Gasteiger partial charge in [0.15, 0.2) is 0 Å². The lowest BCUT2D eigenvalue weighted by Gasteiger charge is -2.41. The Kier molecular flexibility index (Phi) is 5.01. The summed E-state index contributed by atoms with van der Waals surface area (Å²) >= 11 is 0. The molecule has 0 bridgehead atoms. The number of nitro benzene ring substituents is 1. The zero-order valence-electron chi connectivity index (χ0n) is 12.8. The highest BCUT2D eigenvalue weighted by Gasteiger charge is 2.30. The lowest BCUT2D eigenvalue weighted by atomic mass is 10.0. The lowest BCUT2D eigenvalue weighted by Crippen LogP contribution is -2.56. The van der Waals surface area contributed by atoms with E-state index in [9.17, 15) is 10.1 Å². The highest BCUT2D eigenvalue weighted by atomic mass is 16.6. The third-order valence-electron chi connectivity index (χ3n) is 4.15. The van der Waals surface area contributed by atoms with Crippen LogP contribution in [0.15, 0.2) is 18.2 Å². The summed E-state index contributed by atoms with van der Waals surface area (Å²) < 4.78 is 5.11. The minimum absolute atomic E-state index is 0.115. The van der Waals surface area contributed by atoms with Crippen molar-refractivity contribution in [2.75, 3.05) is 25.1 Å². The van der Waals surface area contributed by atoms with Crippen molar-refractivity contribution in [1.82, 2.24) is 5.32 Å². The zero-order valence-corrected chi connectivity index (χ0v) is 12.8. The van der Waals surface area contributed by atoms with E-state index in [0.29, 0.717) is 17.5 Å². The minimum atomic E-state index is -0.326. The van der Waals surface area contributed by atoms with Gasteiger partial charge < -0.3 is 15.0 Å². The van der Waals surface area contributed by atoms with Crippen LogP contribution in [0.4, 0.5) is 11.4 Å². The third-order valence-corrected chi connectivity index (χ3v) is 4.15. The summed E-state index contributed by atoms with van der Waals surface area (Å²) in [7, 11) is 1.52. The number of hydrogen-bond donors (Lipinski definition) is 1. The number of nitrogens with one attached hydrogen (secondary N) is 1. The van der Waals surface area contributed by atoms with E-state index < -0.39 is 0 Å². The van der Waals surface area contributed by atoms with Crippen molar-refractivity contribution >= 4 is 11.4 Å². The number of ether oxygens (including phenoxy) is 1. The molecule has 0 aromatic heterocycles. The molecule has 116 valence electrons. The molecule has 21 heavy (non-hydrogen) atoms. The summed E-state index contributed by atoms with van der Waals surface area (Å²) in [6.45, 7) is 5.89. The van der Waals surface area contributed by atoms with Gasteiger partial charge in [-0.15, -0.1) is 0 Å². The molecule has 1 aliphatic heterocycles. The molecular weight excluding hydrogens is 270 g/mol. The molecule has 0 spiro atoms. The van der Waals surface area contributed by atoms with Gasteiger partial charge in [0.05, 0.1) is 18.1 Å². The maximum Gasteiger partial charge on any atom is 0.296 e. The standard InChI is InChI=1S/C15H23N3O3/c1-4-11-10-17(12(5-2)9-16-11)14-7-6-13(21-3)8-15(14)18(19)20/h6-8,11-12,16H,4-5,9-10H2,1-3H3. The largest absolute Gasteiger partial charge is 0.496 e. The Hall–Kier alpha value is -1.82. The first-order chi connectivity index (χ1) is 10.1. The summed E-state index contributed by atoms with van der Waals surface area (Å²) in [4.78, 5) is 13.2.